The van der Waals surface area contributed by atoms with Crippen LogP contribution in [-0.2, 0) is 19.1 Å². The quantitative estimate of drug-likeness (QED) is 0.0408. The lowest BCUT2D eigenvalue weighted by molar-refractivity contribution is -0.147. The molecule has 0 aliphatic heterocycles. The first-order valence-corrected chi connectivity index (χ1v) is 19.3. The number of hydrogen-bond acceptors (Lipinski definition) is 4. The highest BCUT2D eigenvalue weighted by Gasteiger charge is 2.11. The predicted molar refractivity (Wildman–Crippen MR) is 198 cm³/mol. The summed E-state index contributed by atoms with van der Waals surface area (Å²) in [4.78, 5) is 34.8. The Hall–Kier alpha value is -2.63. The molecule has 0 bridgehead atoms. The molecule has 1 atom stereocenters. The fourth-order valence-electron chi connectivity index (χ4n) is 5.38. The Balaban J connectivity index is 4.17. The lowest BCUT2D eigenvalue weighted by atomic mass is 10.1. The van der Waals surface area contributed by atoms with E-state index in [1.54, 1.807) is 0 Å². The lowest BCUT2D eigenvalue weighted by Crippen LogP contribution is -2.28. The van der Waals surface area contributed by atoms with Crippen LogP contribution in [0.5, 0.6) is 0 Å². The van der Waals surface area contributed by atoms with Crippen LogP contribution in [0.4, 0.5) is 0 Å². The maximum Gasteiger partial charge on any atom is 0.322 e. The number of carbonyl (C=O) groups excluding carboxylic acids is 2. The largest absolute Gasteiger partial charge is 0.480 e. The van der Waals surface area contributed by atoms with Gasteiger partial charge in [0.25, 0.3) is 0 Å². The number of allylic oxidation sites excluding steroid dienone is 7. The van der Waals surface area contributed by atoms with Gasteiger partial charge in [-0.05, 0) is 76.7 Å². The van der Waals surface area contributed by atoms with Gasteiger partial charge in [-0.3, -0.25) is 14.4 Å². The molecular formula is C41H71NO5. The second-order valence-corrected chi connectivity index (χ2v) is 12.8. The van der Waals surface area contributed by atoms with Gasteiger partial charge < -0.3 is 15.2 Å². The van der Waals surface area contributed by atoms with Gasteiger partial charge in [0.05, 0.1) is 0 Å². The molecule has 0 fully saturated rings. The molecule has 0 radical (unpaired) electrons. The van der Waals surface area contributed by atoms with Crippen LogP contribution in [0.1, 0.15) is 181 Å². The number of esters is 1. The molecule has 2 N–H and O–H groups in total. The molecule has 1 unspecified atom stereocenters. The number of carboxylic acids is 1. The Bertz CT molecular complexity index is 860. The second-order valence-electron chi connectivity index (χ2n) is 12.8. The Morgan fingerprint density at radius 1 is 0.596 bits per heavy atom. The van der Waals surface area contributed by atoms with Crippen LogP contribution in [0.15, 0.2) is 48.6 Å². The topological polar surface area (TPSA) is 92.7 Å². The van der Waals surface area contributed by atoms with Crippen molar-refractivity contribution in [2.24, 2.45) is 0 Å². The van der Waals surface area contributed by atoms with Crippen molar-refractivity contribution in [2.45, 2.75) is 187 Å². The Kier molecular flexibility index (Phi) is 34.2. The average Bonchev–Trinajstić information content (AvgIpc) is 3.05. The maximum absolute atomic E-state index is 12.6. The molecule has 0 heterocycles. The molecule has 47 heavy (non-hydrogen) atoms. The number of ether oxygens (including phenoxy) is 1. The van der Waals surface area contributed by atoms with E-state index in [1.807, 2.05) is 0 Å². The molecule has 0 aliphatic rings. The molecule has 6 nitrogen and oxygen atoms in total. The van der Waals surface area contributed by atoms with E-state index in [0.29, 0.717) is 12.8 Å². The highest BCUT2D eigenvalue weighted by molar-refractivity contribution is 5.80. The van der Waals surface area contributed by atoms with Gasteiger partial charge in [0.1, 0.15) is 12.6 Å². The van der Waals surface area contributed by atoms with Gasteiger partial charge in [-0.15, -0.1) is 0 Å². The summed E-state index contributed by atoms with van der Waals surface area (Å²) in [5.74, 6) is -1.31. The van der Waals surface area contributed by atoms with Crippen molar-refractivity contribution in [1.82, 2.24) is 5.32 Å². The number of carboxylic acid groups (broad SMARTS) is 1. The number of amides is 1. The summed E-state index contributed by atoms with van der Waals surface area (Å²) < 4.78 is 5.89. The first-order valence-electron chi connectivity index (χ1n) is 19.3. The van der Waals surface area contributed by atoms with Crippen LogP contribution < -0.4 is 5.32 Å². The molecule has 0 aromatic carbocycles. The third-order valence-electron chi connectivity index (χ3n) is 8.22. The number of nitrogens with one attached hydrogen (secondary N) is 1. The molecule has 1 amide bonds. The molecule has 0 aliphatic carbocycles. The normalized spacial score (nSPS) is 12.6. The molecule has 6 heteroatoms. The lowest BCUT2D eigenvalue weighted by Gasteiger charge is -2.14. The predicted octanol–water partition coefficient (Wildman–Crippen LogP) is 11.5. The van der Waals surface area contributed by atoms with E-state index in [0.717, 1.165) is 77.0 Å². The van der Waals surface area contributed by atoms with E-state index in [9.17, 15) is 14.4 Å². The number of hydrogen-bond donors (Lipinski definition) is 2. The van der Waals surface area contributed by atoms with E-state index in [1.165, 1.54) is 77.0 Å². The summed E-state index contributed by atoms with van der Waals surface area (Å²) in [6.07, 6.45) is 45.4. The minimum atomic E-state index is -1.02. The molecule has 0 rings (SSSR count). The fraction of sp³-hybridized carbons (Fsp3) is 0.732. The van der Waals surface area contributed by atoms with Crippen LogP contribution in [0, 0.1) is 0 Å². The number of aliphatic carboxylic acids is 1. The second kappa shape index (κ2) is 36.2. The van der Waals surface area contributed by atoms with Crippen molar-refractivity contribution >= 4 is 17.8 Å². The average molecular weight is 658 g/mol. The minimum Gasteiger partial charge on any atom is -0.480 e. The SMILES string of the molecule is CC/C=C\C/C=C\C/C=C\C(CCCCCCCCC(=O)NCC(=O)O)OC(=O)CCCCCCC/C=C\CCCCCCCCC. The van der Waals surface area contributed by atoms with Gasteiger partial charge in [-0.2, -0.15) is 0 Å². The van der Waals surface area contributed by atoms with E-state index in [4.69, 9.17) is 9.84 Å². The summed E-state index contributed by atoms with van der Waals surface area (Å²) in [5, 5.41) is 11.0. The monoisotopic (exact) mass is 658 g/mol. The van der Waals surface area contributed by atoms with Crippen molar-refractivity contribution in [1.29, 1.82) is 0 Å². The van der Waals surface area contributed by atoms with E-state index in [-0.39, 0.29) is 24.5 Å². The standard InChI is InChI=1S/C41H71NO5/c1-3-5-7-9-11-13-14-15-16-17-18-19-20-22-28-32-36-41(46)47-38(33-29-25-21-12-10-8-6-4-2)34-30-26-23-24-27-31-35-39(43)42-37-40(44)45/h6,8,12,16-17,21,29,33,38H,3-5,7,9-11,13-15,18-20,22-28,30-32,34-37H2,1-2H3,(H,42,43)(H,44,45)/b8-6-,17-16-,21-12-,33-29-. The van der Waals surface area contributed by atoms with Crippen molar-refractivity contribution in [3.8, 4) is 0 Å². The zero-order valence-electron chi connectivity index (χ0n) is 30.4. The highest BCUT2D eigenvalue weighted by Crippen LogP contribution is 2.15. The molecule has 0 aromatic heterocycles. The minimum absolute atomic E-state index is 0.0885. The first-order chi connectivity index (χ1) is 23.0. The zero-order valence-corrected chi connectivity index (χ0v) is 30.4. The maximum atomic E-state index is 12.6. The summed E-state index contributed by atoms with van der Waals surface area (Å²) in [6.45, 7) is 4.09. The van der Waals surface area contributed by atoms with Gasteiger partial charge >= 0.3 is 11.9 Å². The molecule has 0 saturated carbocycles. The zero-order chi connectivity index (χ0) is 34.5. The third kappa shape index (κ3) is 36.1. The number of rotatable bonds is 34. The van der Waals surface area contributed by atoms with E-state index < -0.39 is 5.97 Å². The van der Waals surface area contributed by atoms with Gasteiger partial charge in [-0.25, -0.2) is 0 Å². The van der Waals surface area contributed by atoms with Crippen molar-refractivity contribution in [2.75, 3.05) is 6.54 Å². The summed E-state index contributed by atoms with van der Waals surface area (Å²) in [5.41, 5.74) is 0. The van der Waals surface area contributed by atoms with Gasteiger partial charge in [0, 0.05) is 12.8 Å². The van der Waals surface area contributed by atoms with Crippen molar-refractivity contribution < 1.29 is 24.2 Å². The summed E-state index contributed by atoms with van der Waals surface area (Å²) in [7, 11) is 0. The molecule has 0 spiro atoms. The Morgan fingerprint density at radius 3 is 1.70 bits per heavy atom. The molecule has 0 saturated heterocycles. The number of carbonyl (C=O) groups is 3. The number of unbranched alkanes of at least 4 members (excludes halogenated alkanes) is 17. The highest BCUT2D eigenvalue weighted by atomic mass is 16.5. The molecule has 0 aromatic rings. The van der Waals surface area contributed by atoms with Crippen LogP contribution in [0.25, 0.3) is 0 Å². The van der Waals surface area contributed by atoms with Crippen molar-refractivity contribution in [3.63, 3.8) is 0 Å². The molecule has 270 valence electrons. The van der Waals surface area contributed by atoms with Gasteiger partial charge in [0.15, 0.2) is 0 Å². The van der Waals surface area contributed by atoms with Crippen LogP contribution in [0.2, 0.25) is 0 Å². The van der Waals surface area contributed by atoms with Crippen LogP contribution in [-0.4, -0.2) is 35.6 Å². The summed E-state index contributed by atoms with van der Waals surface area (Å²) in [6, 6.07) is 0. The van der Waals surface area contributed by atoms with Gasteiger partial charge in [0.2, 0.25) is 5.91 Å². The molecular weight excluding hydrogens is 586 g/mol. The van der Waals surface area contributed by atoms with E-state index in [2.05, 4.69) is 67.8 Å². The van der Waals surface area contributed by atoms with Crippen LogP contribution >= 0.6 is 0 Å². The van der Waals surface area contributed by atoms with Crippen LogP contribution in [0.3, 0.4) is 0 Å². The van der Waals surface area contributed by atoms with Crippen molar-refractivity contribution in [3.05, 3.63) is 48.6 Å². The first kappa shape index (κ1) is 44.4. The smallest absolute Gasteiger partial charge is 0.322 e. The van der Waals surface area contributed by atoms with Gasteiger partial charge in [-0.1, -0.05) is 140 Å². The Morgan fingerprint density at radius 2 is 1.11 bits per heavy atom. The third-order valence-corrected chi connectivity index (χ3v) is 8.22. The van der Waals surface area contributed by atoms with E-state index >= 15 is 0 Å². The summed E-state index contributed by atoms with van der Waals surface area (Å²) >= 11 is 0. The fourth-order valence-corrected chi connectivity index (χ4v) is 5.38. The Labute approximate surface area is 289 Å².